The minimum Gasteiger partial charge on any atom is -0.493 e. The van der Waals surface area contributed by atoms with Gasteiger partial charge in [-0.05, 0) is 63.1 Å². The van der Waals surface area contributed by atoms with E-state index in [1.807, 2.05) is 58.0 Å². The molecule has 6 heteroatoms. The number of amides is 1. The van der Waals surface area contributed by atoms with Crippen molar-refractivity contribution in [2.45, 2.75) is 52.4 Å². The highest BCUT2D eigenvalue weighted by Gasteiger charge is 2.18. The predicted molar refractivity (Wildman–Crippen MR) is 106 cm³/mol. The Balaban J connectivity index is 1.94. The van der Waals surface area contributed by atoms with Gasteiger partial charge in [0.2, 0.25) is 5.91 Å². The van der Waals surface area contributed by atoms with Crippen LogP contribution in [0.25, 0.3) is 0 Å². The molecule has 0 aliphatic rings. The Morgan fingerprint density at radius 1 is 1.11 bits per heavy atom. The molecule has 146 valence electrons. The zero-order valence-corrected chi connectivity index (χ0v) is 16.7. The number of ether oxygens (including phenoxy) is 2. The molecule has 1 heterocycles. The first-order valence-corrected chi connectivity index (χ1v) is 9.02. The van der Waals surface area contributed by atoms with E-state index in [0.29, 0.717) is 24.7 Å². The van der Waals surface area contributed by atoms with Gasteiger partial charge in [-0.2, -0.15) is 0 Å². The predicted octanol–water partition coefficient (Wildman–Crippen LogP) is 3.06. The summed E-state index contributed by atoms with van der Waals surface area (Å²) in [4.78, 5) is 16.2. The second-order valence-corrected chi connectivity index (χ2v) is 7.47. The number of hydrogen-bond donors (Lipinski definition) is 2. The highest BCUT2D eigenvalue weighted by Crippen LogP contribution is 2.28. The van der Waals surface area contributed by atoms with Gasteiger partial charge < -0.3 is 20.1 Å². The molecule has 27 heavy (non-hydrogen) atoms. The lowest BCUT2D eigenvalue weighted by Gasteiger charge is -2.23. The fourth-order valence-electron chi connectivity index (χ4n) is 2.42. The number of hydrogen-bond acceptors (Lipinski definition) is 5. The van der Waals surface area contributed by atoms with Crippen molar-refractivity contribution >= 4 is 5.91 Å². The van der Waals surface area contributed by atoms with E-state index in [4.69, 9.17) is 9.47 Å². The summed E-state index contributed by atoms with van der Waals surface area (Å²) in [5, 5.41) is 6.20. The number of rotatable bonds is 8. The van der Waals surface area contributed by atoms with Crippen molar-refractivity contribution in [3.8, 4) is 11.5 Å². The Bertz CT molecular complexity index is 742. The van der Waals surface area contributed by atoms with Crippen LogP contribution in [0.5, 0.6) is 11.5 Å². The first-order chi connectivity index (χ1) is 12.8. The summed E-state index contributed by atoms with van der Waals surface area (Å²) in [6.07, 6.45) is 3.48. The zero-order valence-electron chi connectivity index (χ0n) is 16.7. The maximum absolute atomic E-state index is 12.2. The molecule has 1 aromatic carbocycles. The zero-order chi connectivity index (χ0) is 19.9. The lowest BCUT2D eigenvalue weighted by atomic mass is 10.1. The minimum absolute atomic E-state index is 0.0215. The van der Waals surface area contributed by atoms with E-state index >= 15 is 0 Å². The number of nitrogens with zero attached hydrogens (tertiary/aromatic N) is 1. The first-order valence-electron chi connectivity index (χ1n) is 9.02. The molecular weight excluding hydrogens is 342 g/mol. The van der Waals surface area contributed by atoms with Crippen LogP contribution in [0.1, 0.15) is 38.8 Å². The maximum Gasteiger partial charge on any atom is 0.237 e. The third kappa shape index (κ3) is 6.90. The third-order valence-corrected chi connectivity index (χ3v) is 3.88. The third-order valence-electron chi connectivity index (χ3n) is 3.88. The summed E-state index contributed by atoms with van der Waals surface area (Å²) < 4.78 is 11.3. The van der Waals surface area contributed by atoms with Gasteiger partial charge in [0.1, 0.15) is 6.61 Å². The van der Waals surface area contributed by atoms with Crippen LogP contribution in [0, 0.1) is 0 Å². The smallest absolute Gasteiger partial charge is 0.237 e. The van der Waals surface area contributed by atoms with Gasteiger partial charge in [0, 0.05) is 24.5 Å². The number of methoxy groups -OCH3 is 1. The molecule has 0 radical (unpaired) electrons. The molecule has 2 aromatic rings. The van der Waals surface area contributed by atoms with Gasteiger partial charge in [-0.3, -0.25) is 9.78 Å². The molecule has 0 aliphatic carbocycles. The number of carbonyl (C=O) groups is 1. The van der Waals surface area contributed by atoms with Crippen molar-refractivity contribution in [1.29, 1.82) is 0 Å². The van der Waals surface area contributed by atoms with Crippen LogP contribution in [0.3, 0.4) is 0 Å². The topological polar surface area (TPSA) is 72.5 Å². The Kier molecular flexibility index (Phi) is 7.19. The van der Waals surface area contributed by atoms with E-state index < -0.39 is 0 Å². The molecule has 1 aromatic heterocycles. The first kappa shape index (κ1) is 20.7. The molecule has 0 aliphatic heterocycles. The average Bonchev–Trinajstić information content (AvgIpc) is 2.64. The molecule has 2 rings (SSSR count). The van der Waals surface area contributed by atoms with Crippen molar-refractivity contribution < 1.29 is 14.3 Å². The summed E-state index contributed by atoms with van der Waals surface area (Å²) in [7, 11) is 1.62. The standard InChI is InChI=1S/C21H29N3O3/c1-15(20(25)24-21(2,3)4)23-13-17-6-7-18(19(12-17)26-5)27-14-16-8-10-22-11-9-16/h6-12,15,23H,13-14H2,1-5H3,(H,24,25). The average molecular weight is 371 g/mol. The maximum atomic E-state index is 12.2. The van der Waals surface area contributed by atoms with Crippen LogP contribution in [0.15, 0.2) is 42.7 Å². The Labute approximate surface area is 161 Å². The Morgan fingerprint density at radius 2 is 1.81 bits per heavy atom. The van der Waals surface area contributed by atoms with Crippen molar-refractivity contribution in [2.75, 3.05) is 7.11 Å². The molecule has 1 atom stereocenters. The van der Waals surface area contributed by atoms with Gasteiger partial charge >= 0.3 is 0 Å². The van der Waals surface area contributed by atoms with Gasteiger partial charge in [0.15, 0.2) is 11.5 Å². The SMILES string of the molecule is COc1cc(CNC(C)C(=O)NC(C)(C)C)ccc1OCc1ccncc1. The van der Waals surface area contributed by atoms with Crippen molar-refractivity contribution in [3.05, 3.63) is 53.9 Å². The van der Waals surface area contributed by atoms with E-state index in [-0.39, 0.29) is 17.5 Å². The molecule has 0 saturated heterocycles. The quantitative estimate of drug-likeness (QED) is 0.746. The monoisotopic (exact) mass is 371 g/mol. The van der Waals surface area contributed by atoms with Crippen LogP contribution < -0.4 is 20.1 Å². The summed E-state index contributed by atoms with van der Waals surface area (Å²) in [5.41, 5.74) is 1.80. The summed E-state index contributed by atoms with van der Waals surface area (Å²) in [6.45, 7) is 8.75. The number of benzene rings is 1. The van der Waals surface area contributed by atoms with Gasteiger partial charge in [0.05, 0.1) is 13.2 Å². The summed E-state index contributed by atoms with van der Waals surface area (Å²) in [6, 6.07) is 9.30. The van der Waals surface area contributed by atoms with Crippen LogP contribution in [-0.2, 0) is 17.9 Å². The molecule has 0 spiro atoms. The van der Waals surface area contributed by atoms with Gasteiger partial charge in [-0.15, -0.1) is 0 Å². The minimum atomic E-state index is -0.294. The van der Waals surface area contributed by atoms with Gasteiger partial charge in [-0.25, -0.2) is 0 Å². The normalized spacial score (nSPS) is 12.3. The van der Waals surface area contributed by atoms with Crippen LogP contribution in [-0.4, -0.2) is 29.6 Å². The van der Waals surface area contributed by atoms with Crippen molar-refractivity contribution in [1.82, 2.24) is 15.6 Å². The Morgan fingerprint density at radius 3 is 2.44 bits per heavy atom. The molecule has 0 bridgehead atoms. The lowest BCUT2D eigenvalue weighted by Crippen LogP contribution is -2.49. The molecule has 1 amide bonds. The number of aromatic nitrogens is 1. The molecule has 0 fully saturated rings. The number of pyridine rings is 1. The fourth-order valence-corrected chi connectivity index (χ4v) is 2.42. The number of nitrogens with one attached hydrogen (secondary N) is 2. The van der Waals surface area contributed by atoms with E-state index in [0.717, 1.165) is 11.1 Å². The largest absolute Gasteiger partial charge is 0.493 e. The highest BCUT2D eigenvalue weighted by molar-refractivity contribution is 5.81. The van der Waals surface area contributed by atoms with Crippen molar-refractivity contribution in [2.24, 2.45) is 0 Å². The second kappa shape index (κ2) is 9.37. The van der Waals surface area contributed by atoms with E-state index in [2.05, 4.69) is 15.6 Å². The fraction of sp³-hybridized carbons (Fsp3) is 0.429. The van der Waals surface area contributed by atoms with E-state index in [1.54, 1.807) is 19.5 Å². The molecule has 2 N–H and O–H groups in total. The van der Waals surface area contributed by atoms with Crippen LogP contribution >= 0.6 is 0 Å². The van der Waals surface area contributed by atoms with E-state index in [9.17, 15) is 4.79 Å². The Hall–Kier alpha value is -2.60. The van der Waals surface area contributed by atoms with Crippen molar-refractivity contribution in [3.63, 3.8) is 0 Å². The molecular formula is C21H29N3O3. The number of carbonyl (C=O) groups excluding carboxylic acids is 1. The summed E-state index contributed by atoms with van der Waals surface area (Å²) in [5.74, 6) is 1.32. The van der Waals surface area contributed by atoms with Crippen LogP contribution in [0.4, 0.5) is 0 Å². The second-order valence-electron chi connectivity index (χ2n) is 7.47. The van der Waals surface area contributed by atoms with Crippen LogP contribution in [0.2, 0.25) is 0 Å². The van der Waals surface area contributed by atoms with E-state index in [1.165, 1.54) is 0 Å². The van der Waals surface area contributed by atoms with Gasteiger partial charge in [0.25, 0.3) is 0 Å². The molecule has 6 nitrogen and oxygen atoms in total. The van der Waals surface area contributed by atoms with Gasteiger partial charge in [-0.1, -0.05) is 6.07 Å². The highest BCUT2D eigenvalue weighted by atomic mass is 16.5. The molecule has 1 unspecified atom stereocenters. The lowest BCUT2D eigenvalue weighted by molar-refractivity contribution is -0.124. The summed E-state index contributed by atoms with van der Waals surface area (Å²) >= 11 is 0. The molecule has 0 saturated carbocycles.